The molecule has 0 atom stereocenters. The monoisotopic (exact) mass is 289 g/mol. The molecule has 0 bridgehead atoms. The molecule has 1 aliphatic rings. The lowest BCUT2D eigenvalue weighted by Crippen LogP contribution is -2.34. The Morgan fingerprint density at radius 3 is 2.61 bits per heavy atom. The number of nitrogens with one attached hydrogen (secondary N) is 1. The van der Waals surface area contributed by atoms with Crippen LogP contribution in [0.15, 0.2) is 29.2 Å². The number of hydrogen-bond donors (Lipinski definition) is 2. The van der Waals surface area contributed by atoms with Crippen molar-refractivity contribution in [2.75, 3.05) is 6.54 Å². The Bertz CT molecular complexity index is 580. The third-order valence-electron chi connectivity index (χ3n) is 3.01. The molecule has 18 heavy (non-hydrogen) atoms. The van der Waals surface area contributed by atoms with E-state index >= 15 is 0 Å². The maximum atomic E-state index is 11.9. The second-order valence-electron chi connectivity index (χ2n) is 4.37. The first-order chi connectivity index (χ1) is 8.36. The van der Waals surface area contributed by atoms with E-state index in [1.807, 2.05) is 0 Å². The quantitative estimate of drug-likeness (QED) is 0.860. The summed E-state index contributed by atoms with van der Waals surface area (Å²) in [5, 5.41) is 9.28. The zero-order chi connectivity index (χ0) is 13.4. The van der Waals surface area contributed by atoms with Crippen LogP contribution in [0.5, 0.6) is 0 Å². The first-order valence-electron chi connectivity index (χ1n) is 5.34. The molecule has 1 aromatic carbocycles. The maximum Gasteiger partial charge on any atom is 0.310 e. The lowest BCUT2D eigenvalue weighted by Gasteiger charge is -2.11. The van der Waals surface area contributed by atoms with Gasteiger partial charge in [0.25, 0.3) is 0 Å². The van der Waals surface area contributed by atoms with E-state index in [1.165, 1.54) is 18.2 Å². The van der Waals surface area contributed by atoms with Crippen molar-refractivity contribution in [1.29, 1.82) is 0 Å². The molecule has 98 valence electrons. The summed E-state index contributed by atoms with van der Waals surface area (Å²) in [7, 11) is -3.71. The first-order valence-corrected chi connectivity index (χ1v) is 7.21. The van der Waals surface area contributed by atoms with Crippen LogP contribution in [0.1, 0.15) is 12.8 Å². The van der Waals surface area contributed by atoms with Gasteiger partial charge in [-0.2, -0.15) is 0 Å². The molecule has 0 aromatic heterocycles. The predicted molar refractivity (Wildman–Crippen MR) is 65.9 cm³/mol. The van der Waals surface area contributed by atoms with Gasteiger partial charge in [-0.25, -0.2) is 13.1 Å². The number of hydrogen-bond acceptors (Lipinski definition) is 3. The molecule has 0 unspecified atom stereocenters. The molecule has 0 amide bonds. The average molecular weight is 290 g/mol. The van der Waals surface area contributed by atoms with Gasteiger partial charge in [-0.1, -0.05) is 17.7 Å². The summed E-state index contributed by atoms with van der Waals surface area (Å²) in [5.41, 5.74) is -0.925. The van der Waals surface area contributed by atoms with Crippen molar-refractivity contribution in [1.82, 2.24) is 4.72 Å². The van der Waals surface area contributed by atoms with Crippen molar-refractivity contribution >= 4 is 27.6 Å². The van der Waals surface area contributed by atoms with Gasteiger partial charge in [0.15, 0.2) is 0 Å². The van der Waals surface area contributed by atoms with Crippen molar-refractivity contribution in [3.05, 3.63) is 29.3 Å². The van der Waals surface area contributed by atoms with Crippen LogP contribution < -0.4 is 4.72 Å². The van der Waals surface area contributed by atoms with E-state index in [1.54, 1.807) is 6.07 Å². The van der Waals surface area contributed by atoms with E-state index in [-0.39, 0.29) is 11.4 Å². The van der Waals surface area contributed by atoms with Gasteiger partial charge in [-0.05, 0) is 31.0 Å². The Kier molecular flexibility index (Phi) is 3.35. The summed E-state index contributed by atoms with van der Waals surface area (Å²) in [4.78, 5) is 11.0. The van der Waals surface area contributed by atoms with Crippen LogP contribution in [-0.2, 0) is 14.8 Å². The van der Waals surface area contributed by atoms with Crippen molar-refractivity contribution in [2.24, 2.45) is 5.41 Å². The molecule has 7 heteroatoms. The van der Waals surface area contributed by atoms with Crippen LogP contribution in [0, 0.1) is 5.41 Å². The molecule has 0 radical (unpaired) electrons. The zero-order valence-electron chi connectivity index (χ0n) is 9.39. The third-order valence-corrected chi connectivity index (χ3v) is 4.65. The molecule has 0 heterocycles. The number of carbonyl (C=O) groups is 1. The molecule has 1 aromatic rings. The summed E-state index contributed by atoms with van der Waals surface area (Å²) < 4.78 is 26.2. The van der Waals surface area contributed by atoms with E-state index in [4.69, 9.17) is 16.7 Å². The van der Waals surface area contributed by atoms with Gasteiger partial charge in [-0.3, -0.25) is 4.79 Å². The fourth-order valence-electron chi connectivity index (χ4n) is 1.57. The number of benzene rings is 1. The molecular weight excluding hydrogens is 278 g/mol. The Balaban J connectivity index is 2.11. The van der Waals surface area contributed by atoms with Crippen LogP contribution in [0.25, 0.3) is 0 Å². The lowest BCUT2D eigenvalue weighted by atomic mass is 10.1. The maximum absolute atomic E-state index is 11.9. The lowest BCUT2D eigenvalue weighted by molar-refractivity contribution is -0.143. The van der Waals surface area contributed by atoms with Crippen LogP contribution in [0.2, 0.25) is 5.02 Å². The molecule has 0 spiro atoms. The van der Waals surface area contributed by atoms with E-state index < -0.39 is 21.4 Å². The molecule has 2 rings (SSSR count). The number of aliphatic carboxylic acids is 1. The Morgan fingerprint density at radius 2 is 2.11 bits per heavy atom. The second kappa shape index (κ2) is 4.53. The smallest absolute Gasteiger partial charge is 0.310 e. The van der Waals surface area contributed by atoms with E-state index in [9.17, 15) is 13.2 Å². The van der Waals surface area contributed by atoms with E-state index in [0.717, 1.165) is 0 Å². The zero-order valence-corrected chi connectivity index (χ0v) is 11.0. The van der Waals surface area contributed by atoms with Gasteiger partial charge in [0, 0.05) is 11.6 Å². The Labute approximate surface area is 110 Å². The molecule has 0 saturated heterocycles. The number of carboxylic acid groups (broad SMARTS) is 1. The van der Waals surface area contributed by atoms with Gasteiger partial charge in [0.05, 0.1) is 10.3 Å². The third kappa shape index (κ3) is 2.66. The molecule has 1 fully saturated rings. The normalized spacial score (nSPS) is 17.4. The largest absolute Gasteiger partial charge is 0.481 e. The Morgan fingerprint density at radius 1 is 1.44 bits per heavy atom. The van der Waals surface area contributed by atoms with Crippen molar-refractivity contribution in [3.8, 4) is 0 Å². The first kappa shape index (κ1) is 13.3. The summed E-state index contributed by atoms with van der Waals surface area (Å²) >= 11 is 5.72. The van der Waals surface area contributed by atoms with Gasteiger partial charge in [0.2, 0.25) is 10.0 Å². The fraction of sp³-hybridized carbons (Fsp3) is 0.364. The van der Waals surface area contributed by atoms with Crippen LogP contribution in [0.4, 0.5) is 0 Å². The van der Waals surface area contributed by atoms with E-state index in [0.29, 0.717) is 17.9 Å². The van der Waals surface area contributed by atoms with Crippen molar-refractivity contribution in [3.63, 3.8) is 0 Å². The van der Waals surface area contributed by atoms with Gasteiger partial charge in [0.1, 0.15) is 0 Å². The highest BCUT2D eigenvalue weighted by Crippen LogP contribution is 2.45. The summed E-state index contributed by atoms with van der Waals surface area (Å²) in [6.07, 6.45) is 1.00. The predicted octanol–water partition coefficient (Wildman–Crippen LogP) is 1.48. The minimum atomic E-state index is -3.71. The van der Waals surface area contributed by atoms with Crippen molar-refractivity contribution in [2.45, 2.75) is 17.7 Å². The number of sulfonamides is 1. The summed E-state index contributed by atoms with van der Waals surface area (Å²) in [5.74, 6) is -0.962. The SMILES string of the molecule is O=C(O)C1(CNS(=O)(=O)c2cccc(Cl)c2)CC1. The molecule has 1 aliphatic carbocycles. The number of carboxylic acids is 1. The van der Waals surface area contributed by atoms with Crippen LogP contribution in [0.3, 0.4) is 0 Å². The van der Waals surface area contributed by atoms with Gasteiger partial charge < -0.3 is 5.11 Å². The Hall–Kier alpha value is -1.11. The average Bonchev–Trinajstić information content (AvgIpc) is 3.07. The molecule has 0 aliphatic heterocycles. The van der Waals surface area contributed by atoms with Gasteiger partial charge >= 0.3 is 5.97 Å². The van der Waals surface area contributed by atoms with Crippen molar-refractivity contribution < 1.29 is 18.3 Å². The van der Waals surface area contributed by atoms with Gasteiger partial charge in [-0.15, -0.1) is 0 Å². The standard InChI is InChI=1S/C11H12ClNO4S/c12-8-2-1-3-9(6-8)18(16,17)13-7-11(4-5-11)10(14)15/h1-3,6,13H,4-5,7H2,(H,14,15). The number of halogens is 1. The highest BCUT2D eigenvalue weighted by molar-refractivity contribution is 7.89. The minimum absolute atomic E-state index is 0.0381. The minimum Gasteiger partial charge on any atom is -0.481 e. The molecular formula is C11H12ClNO4S. The summed E-state index contributed by atoms with van der Waals surface area (Å²) in [6, 6.07) is 5.83. The van der Waals surface area contributed by atoms with Crippen LogP contribution in [-0.4, -0.2) is 26.0 Å². The number of rotatable bonds is 5. The fourth-order valence-corrected chi connectivity index (χ4v) is 3.00. The molecule has 5 nitrogen and oxygen atoms in total. The second-order valence-corrected chi connectivity index (χ2v) is 6.57. The molecule has 2 N–H and O–H groups in total. The topological polar surface area (TPSA) is 83.5 Å². The molecule has 1 saturated carbocycles. The highest BCUT2D eigenvalue weighted by atomic mass is 35.5. The van der Waals surface area contributed by atoms with Crippen LogP contribution >= 0.6 is 11.6 Å². The van der Waals surface area contributed by atoms with E-state index in [2.05, 4.69) is 4.72 Å². The highest BCUT2D eigenvalue weighted by Gasteiger charge is 2.50. The summed E-state index contributed by atoms with van der Waals surface area (Å²) in [6.45, 7) is -0.0861.